The van der Waals surface area contributed by atoms with Gasteiger partial charge < -0.3 is 0 Å². The van der Waals surface area contributed by atoms with Crippen LogP contribution in [0, 0.1) is 5.92 Å². The minimum Gasteiger partial charge on any atom is -0.292 e. The number of para-hydroxylation sites is 6. The Hall–Kier alpha value is -8.60. The van der Waals surface area contributed by atoms with E-state index >= 15 is 0 Å². The van der Waals surface area contributed by atoms with E-state index < -0.39 is 5.41 Å². The lowest BCUT2D eigenvalue weighted by atomic mass is 9.65. The van der Waals surface area contributed by atoms with Crippen LogP contribution in [-0.4, -0.2) is 18.8 Å². The maximum absolute atomic E-state index is 5.20. The van der Waals surface area contributed by atoms with Crippen molar-refractivity contribution in [3.8, 4) is 33.4 Å². The van der Waals surface area contributed by atoms with Gasteiger partial charge in [0, 0.05) is 33.4 Å². The van der Waals surface area contributed by atoms with Crippen LogP contribution in [-0.2, 0) is 5.41 Å². The molecule has 0 fully saturated rings. The first-order valence-corrected chi connectivity index (χ1v) is 23.4. The summed E-state index contributed by atoms with van der Waals surface area (Å²) in [5.41, 5.74) is 21.3. The molecule has 3 aliphatic rings. The Labute approximate surface area is 385 Å². The maximum Gasteiger partial charge on any atom is 0.146 e. The van der Waals surface area contributed by atoms with Crippen molar-refractivity contribution in [3.63, 3.8) is 0 Å². The molecule has 0 N–H and O–H groups in total. The van der Waals surface area contributed by atoms with E-state index in [4.69, 9.17) is 9.97 Å². The highest BCUT2D eigenvalue weighted by Crippen LogP contribution is 2.66. The van der Waals surface area contributed by atoms with Crippen LogP contribution in [0.1, 0.15) is 28.2 Å². The third-order valence-electron chi connectivity index (χ3n) is 15.7. The first kappa shape index (κ1) is 35.7. The second kappa shape index (κ2) is 12.8. The minimum atomic E-state index is -0.392. The van der Waals surface area contributed by atoms with Crippen molar-refractivity contribution in [1.29, 1.82) is 0 Å². The van der Waals surface area contributed by atoms with E-state index in [1.165, 1.54) is 88.2 Å². The molecular weight excluding hydrogens is 813 g/mol. The smallest absolute Gasteiger partial charge is 0.146 e. The lowest BCUT2D eigenvalue weighted by Crippen LogP contribution is -2.33. The number of hydrogen-bond acceptors (Lipinski definition) is 2. The fourth-order valence-corrected chi connectivity index (χ4v) is 13.0. The van der Waals surface area contributed by atoms with Crippen LogP contribution in [0.15, 0.2) is 218 Å². The third kappa shape index (κ3) is 4.52. The zero-order valence-corrected chi connectivity index (χ0v) is 36.2. The van der Waals surface area contributed by atoms with E-state index in [0.717, 1.165) is 44.1 Å². The van der Waals surface area contributed by atoms with Gasteiger partial charge in [0.25, 0.3) is 0 Å². The first-order valence-electron chi connectivity index (χ1n) is 23.4. The summed E-state index contributed by atoms with van der Waals surface area (Å²) in [4.78, 5) is 10.4. The van der Waals surface area contributed by atoms with Gasteiger partial charge in [0.05, 0.1) is 38.5 Å². The fourth-order valence-electron chi connectivity index (χ4n) is 13.0. The predicted molar refractivity (Wildman–Crippen MR) is 276 cm³/mol. The molecule has 4 heterocycles. The normalized spacial score (nSPS) is 18.1. The number of imidazole rings is 2. The minimum absolute atomic E-state index is 0.215. The Balaban J connectivity index is 0.915. The third-order valence-corrected chi connectivity index (χ3v) is 15.7. The molecule has 1 spiro atoms. The van der Waals surface area contributed by atoms with Gasteiger partial charge in [-0.2, -0.15) is 0 Å². The zero-order chi connectivity index (χ0) is 43.5. The van der Waals surface area contributed by atoms with Crippen molar-refractivity contribution >= 4 is 76.7 Å². The molecule has 0 amide bonds. The topological polar surface area (TPSA) is 34.6 Å². The molecule has 3 aliphatic carbocycles. The summed E-state index contributed by atoms with van der Waals surface area (Å²) in [5.74, 6) is 0.465. The number of aromatic nitrogens is 4. The Morgan fingerprint density at radius 2 is 0.851 bits per heavy atom. The highest BCUT2D eigenvalue weighted by Gasteiger charge is 2.57. The van der Waals surface area contributed by atoms with Gasteiger partial charge in [0.15, 0.2) is 0 Å². The summed E-state index contributed by atoms with van der Waals surface area (Å²) in [6.45, 7) is 0. The average molecular weight is 851 g/mol. The molecule has 9 aromatic carbocycles. The summed E-state index contributed by atoms with van der Waals surface area (Å²) < 4.78 is 4.66. The molecule has 310 valence electrons. The van der Waals surface area contributed by atoms with Crippen LogP contribution < -0.4 is 0 Å². The molecule has 0 aliphatic heterocycles. The predicted octanol–water partition coefficient (Wildman–Crippen LogP) is 15.4. The Morgan fingerprint density at radius 3 is 1.51 bits per heavy atom. The van der Waals surface area contributed by atoms with Crippen LogP contribution in [0.2, 0.25) is 0 Å². The fraction of sp³-hybridized carbons (Fsp3) is 0.0476. The van der Waals surface area contributed by atoms with Crippen LogP contribution in [0.25, 0.3) is 110 Å². The van der Waals surface area contributed by atoms with Gasteiger partial charge in [-0.25, -0.2) is 9.97 Å². The van der Waals surface area contributed by atoms with Crippen LogP contribution in [0.3, 0.4) is 0 Å². The number of allylic oxidation sites excluding steroid dienone is 4. The van der Waals surface area contributed by atoms with Crippen molar-refractivity contribution in [2.45, 2.75) is 11.3 Å². The summed E-state index contributed by atoms with van der Waals surface area (Å²) in [6, 6.07) is 72.4. The van der Waals surface area contributed by atoms with E-state index in [1.54, 1.807) is 0 Å². The molecule has 0 saturated heterocycles. The van der Waals surface area contributed by atoms with E-state index in [2.05, 4.69) is 227 Å². The zero-order valence-electron chi connectivity index (χ0n) is 36.2. The number of pyridine rings is 2. The summed E-state index contributed by atoms with van der Waals surface area (Å²) in [6.07, 6.45) is 9.47. The van der Waals surface area contributed by atoms with Crippen LogP contribution >= 0.6 is 0 Å². The van der Waals surface area contributed by atoms with Crippen molar-refractivity contribution in [1.82, 2.24) is 18.8 Å². The SMILES string of the molecule is C1=CC2c3ccc(-c4ccc5c(c4)c4ccccc4n4c6ccccc6nc54)cc3C3(c4ccccc4-c4ccc(-c5ccc6c(c5)c5ccccc5n5c7ccccc7nc65)cc43)C2C=C1. The summed E-state index contributed by atoms with van der Waals surface area (Å²) >= 11 is 0. The number of rotatable bonds is 2. The van der Waals surface area contributed by atoms with Gasteiger partial charge in [0.2, 0.25) is 0 Å². The molecule has 4 nitrogen and oxygen atoms in total. The second-order valence-corrected chi connectivity index (χ2v) is 18.8. The standard InChI is InChI=1S/C63H38N4/c1-5-17-51-41(13-1)43-29-25-39(37-27-31-47-49(33-37)45-15-3-9-21-57(45)66-59-23-11-7-19-55(59)64-61(47)66)35-53(43)63(51)52-18-6-2-14-42(52)44-30-26-40(36-54(44)63)38-28-32-48-50(34-38)46-16-4-10-22-58(46)67-60-24-12-8-20-56(60)65-62(48)67/h1-36,41,51H. The molecule has 4 aromatic heterocycles. The monoisotopic (exact) mass is 850 g/mol. The Morgan fingerprint density at radius 1 is 0.358 bits per heavy atom. The number of benzene rings is 9. The lowest BCUT2D eigenvalue weighted by molar-refractivity contribution is 0.466. The molecular formula is C63H38N4. The quantitative estimate of drug-likeness (QED) is 0.162. The van der Waals surface area contributed by atoms with Gasteiger partial charge in [-0.3, -0.25) is 8.80 Å². The molecule has 0 radical (unpaired) electrons. The Kier molecular flexibility index (Phi) is 6.83. The molecule has 67 heavy (non-hydrogen) atoms. The maximum atomic E-state index is 5.20. The molecule has 3 unspecified atom stereocenters. The number of hydrogen-bond donors (Lipinski definition) is 0. The van der Waals surface area contributed by atoms with Gasteiger partial charge in [-0.1, -0.05) is 146 Å². The van der Waals surface area contributed by atoms with Gasteiger partial charge in [0.1, 0.15) is 11.3 Å². The molecule has 0 saturated carbocycles. The summed E-state index contributed by atoms with van der Waals surface area (Å²) in [5, 5.41) is 7.21. The van der Waals surface area contributed by atoms with E-state index in [-0.39, 0.29) is 11.8 Å². The Bertz CT molecular complexity index is 4430. The number of fused-ring (bicyclic) bond motifs is 26. The lowest BCUT2D eigenvalue weighted by Gasteiger charge is -2.36. The van der Waals surface area contributed by atoms with Crippen molar-refractivity contribution in [3.05, 3.63) is 241 Å². The van der Waals surface area contributed by atoms with Crippen LogP contribution in [0.4, 0.5) is 0 Å². The summed E-state index contributed by atoms with van der Waals surface area (Å²) in [7, 11) is 0. The first-order chi connectivity index (χ1) is 33.2. The van der Waals surface area contributed by atoms with Gasteiger partial charge in [-0.15, -0.1) is 0 Å². The molecule has 4 heteroatoms. The van der Waals surface area contributed by atoms with E-state index in [9.17, 15) is 0 Å². The van der Waals surface area contributed by atoms with Gasteiger partial charge in [-0.05, 0) is 139 Å². The molecule has 13 aromatic rings. The average Bonchev–Trinajstić information content (AvgIpc) is 4.14. The van der Waals surface area contributed by atoms with Crippen molar-refractivity contribution in [2.75, 3.05) is 0 Å². The highest BCUT2D eigenvalue weighted by molar-refractivity contribution is 6.16. The highest BCUT2D eigenvalue weighted by atomic mass is 15.0. The van der Waals surface area contributed by atoms with Crippen LogP contribution in [0.5, 0.6) is 0 Å². The molecule has 16 rings (SSSR count). The van der Waals surface area contributed by atoms with Crippen molar-refractivity contribution in [2.24, 2.45) is 5.92 Å². The number of nitrogens with zero attached hydrogens (tertiary/aromatic N) is 4. The largest absolute Gasteiger partial charge is 0.292 e. The van der Waals surface area contributed by atoms with E-state index in [0.29, 0.717) is 0 Å². The molecule has 0 bridgehead atoms. The van der Waals surface area contributed by atoms with Gasteiger partial charge >= 0.3 is 0 Å². The second-order valence-electron chi connectivity index (χ2n) is 18.8. The molecule has 3 atom stereocenters. The van der Waals surface area contributed by atoms with Crippen molar-refractivity contribution < 1.29 is 0 Å². The van der Waals surface area contributed by atoms with E-state index in [1.807, 2.05) is 0 Å².